The van der Waals surface area contributed by atoms with Crippen LogP contribution in [-0.2, 0) is 25.7 Å². The van der Waals surface area contributed by atoms with Crippen molar-refractivity contribution in [3.8, 4) is 0 Å². The lowest BCUT2D eigenvalue weighted by Crippen LogP contribution is -2.49. The van der Waals surface area contributed by atoms with E-state index in [1.165, 1.54) is 4.90 Å². The van der Waals surface area contributed by atoms with E-state index in [-0.39, 0.29) is 19.1 Å². The van der Waals surface area contributed by atoms with Gasteiger partial charge in [0.25, 0.3) is 0 Å². The first-order valence-corrected chi connectivity index (χ1v) is 9.22. The summed E-state index contributed by atoms with van der Waals surface area (Å²) >= 11 is 0. The van der Waals surface area contributed by atoms with Gasteiger partial charge in [-0.3, -0.25) is 9.59 Å². The number of benzene rings is 1. The standard InChI is InChI=1S/C20H28N2O5/c1-20(2,3)27-17(23)13-22-12-8-7-11-16(18(22)24)21-19(25)26-14-15-9-5-4-6-10-15/h4-6,9-10,16H,7-8,11-14H2,1-3H3,(H,21,25). The Hall–Kier alpha value is -2.57. The number of hydrogen-bond acceptors (Lipinski definition) is 5. The molecule has 1 atom stereocenters. The molecule has 2 amide bonds. The number of nitrogens with zero attached hydrogens (tertiary/aromatic N) is 1. The van der Waals surface area contributed by atoms with Gasteiger partial charge in [0.2, 0.25) is 5.91 Å². The first-order chi connectivity index (χ1) is 12.7. The molecule has 7 nitrogen and oxygen atoms in total. The second kappa shape index (κ2) is 9.39. The fourth-order valence-electron chi connectivity index (χ4n) is 2.83. The summed E-state index contributed by atoms with van der Waals surface area (Å²) in [6.45, 7) is 5.82. The van der Waals surface area contributed by atoms with Crippen LogP contribution in [0.25, 0.3) is 0 Å². The van der Waals surface area contributed by atoms with Gasteiger partial charge in [0.05, 0.1) is 0 Å². The Bertz CT molecular complexity index is 654. The van der Waals surface area contributed by atoms with Gasteiger partial charge in [-0.25, -0.2) is 4.79 Å². The average molecular weight is 376 g/mol. The number of amides is 2. The van der Waals surface area contributed by atoms with Crippen molar-refractivity contribution < 1.29 is 23.9 Å². The van der Waals surface area contributed by atoms with Gasteiger partial charge in [0, 0.05) is 6.54 Å². The molecule has 0 bridgehead atoms. The fraction of sp³-hybridized carbons (Fsp3) is 0.550. The van der Waals surface area contributed by atoms with E-state index >= 15 is 0 Å². The molecule has 1 heterocycles. The van der Waals surface area contributed by atoms with Gasteiger partial charge in [-0.05, 0) is 45.6 Å². The van der Waals surface area contributed by atoms with Gasteiger partial charge in [-0.15, -0.1) is 0 Å². The summed E-state index contributed by atoms with van der Waals surface area (Å²) in [7, 11) is 0. The number of likely N-dealkylation sites (tertiary alicyclic amines) is 1. The third kappa shape index (κ3) is 7.29. The molecular formula is C20H28N2O5. The zero-order chi connectivity index (χ0) is 19.9. The van der Waals surface area contributed by atoms with Gasteiger partial charge in [-0.2, -0.15) is 0 Å². The van der Waals surface area contributed by atoms with Crippen LogP contribution in [0, 0.1) is 0 Å². The number of ether oxygens (including phenoxy) is 2. The molecule has 2 rings (SSSR count). The number of rotatable bonds is 5. The number of esters is 1. The van der Waals surface area contributed by atoms with Crippen LogP contribution in [0.1, 0.15) is 45.6 Å². The molecule has 0 radical (unpaired) electrons. The lowest BCUT2D eigenvalue weighted by molar-refractivity contribution is -0.159. The summed E-state index contributed by atoms with van der Waals surface area (Å²) in [5.74, 6) is -0.738. The van der Waals surface area contributed by atoms with Crippen molar-refractivity contribution in [1.29, 1.82) is 0 Å². The first kappa shape index (κ1) is 20.7. The molecule has 0 aromatic heterocycles. The van der Waals surface area contributed by atoms with Crippen LogP contribution in [0.2, 0.25) is 0 Å². The minimum atomic E-state index is -0.696. The van der Waals surface area contributed by atoms with E-state index in [0.717, 1.165) is 18.4 Å². The van der Waals surface area contributed by atoms with Gasteiger partial charge >= 0.3 is 12.1 Å². The van der Waals surface area contributed by atoms with Crippen LogP contribution in [-0.4, -0.2) is 47.6 Å². The van der Waals surface area contributed by atoms with E-state index in [2.05, 4.69) is 5.32 Å². The number of nitrogens with one attached hydrogen (secondary N) is 1. The quantitative estimate of drug-likeness (QED) is 0.799. The van der Waals surface area contributed by atoms with E-state index in [4.69, 9.17) is 9.47 Å². The van der Waals surface area contributed by atoms with Crippen molar-refractivity contribution in [3.63, 3.8) is 0 Å². The Kier molecular flexibility index (Phi) is 7.21. The molecule has 1 aliphatic heterocycles. The fourth-order valence-corrected chi connectivity index (χ4v) is 2.83. The highest BCUT2D eigenvalue weighted by atomic mass is 16.6. The lowest BCUT2D eigenvalue weighted by Gasteiger charge is -2.26. The average Bonchev–Trinajstić information content (AvgIpc) is 2.75. The molecule has 0 aliphatic carbocycles. The monoisotopic (exact) mass is 376 g/mol. The molecule has 1 saturated heterocycles. The number of carbonyl (C=O) groups excluding carboxylic acids is 3. The number of alkyl carbamates (subject to hydrolysis) is 1. The van der Waals surface area contributed by atoms with Gasteiger partial charge in [0.1, 0.15) is 24.8 Å². The van der Waals surface area contributed by atoms with Crippen molar-refractivity contribution in [2.75, 3.05) is 13.1 Å². The summed E-state index contributed by atoms with van der Waals surface area (Å²) in [4.78, 5) is 38.3. The van der Waals surface area contributed by atoms with Crippen LogP contribution in [0.3, 0.4) is 0 Å². The largest absolute Gasteiger partial charge is 0.459 e. The molecule has 148 valence electrons. The van der Waals surface area contributed by atoms with E-state index in [1.807, 2.05) is 30.3 Å². The van der Waals surface area contributed by atoms with E-state index in [1.54, 1.807) is 20.8 Å². The van der Waals surface area contributed by atoms with Gasteiger partial charge in [-0.1, -0.05) is 30.3 Å². The maximum absolute atomic E-state index is 12.7. The highest BCUT2D eigenvalue weighted by molar-refractivity contribution is 5.88. The molecule has 7 heteroatoms. The minimum absolute atomic E-state index is 0.118. The Balaban J connectivity index is 1.88. The molecule has 0 saturated carbocycles. The molecule has 1 fully saturated rings. The van der Waals surface area contributed by atoms with Crippen LogP contribution >= 0.6 is 0 Å². The van der Waals surface area contributed by atoms with E-state index in [0.29, 0.717) is 13.0 Å². The van der Waals surface area contributed by atoms with Crippen molar-refractivity contribution in [2.24, 2.45) is 0 Å². The molecule has 1 aromatic rings. The first-order valence-electron chi connectivity index (χ1n) is 9.22. The highest BCUT2D eigenvalue weighted by Gasteiger charge is 2.31. The van der Waals surface area contributed by atoms with Crippen molar-refractivity contribution in [2.45, 2.75) is 58.3 Å². The summed E-state index contributed by atoms with van der Waals surface area (Å²) in [5.41, 5.74) is 0.261. The molecule has 1 aliphatic rings. The number of carbonyl (C=O) groups is 3. The topological polar surface area (TPSA) is 84.9 Å². The SMILES string of the molecule is CC(C)(C)OC(=O)CN1CCCCC(NC(=O)OCc2ccccc2)C1=O. The molecule has 0 spiro atoms. The van der Waals surface area contributed by atoms with Crippen LogP contribution in [0.15, 0.2) is 30.3 Å². The predicted octanol–water partition coefficient (Wildman–Crippen LogP) is 2.64. The van der Waals surface area contributed by atoms with Crippen molar-refractivity contribution >= 4 is 18.0 Å². The summed E-state index contributed by atoms with van der Waals surface area (Å²) < 4.78 is 10.5. The van der Waals surface area contributed by atoms with Crippen LogP contribution in [0.4, 0.5) is 4.79 Å². The third-order valence-electron chi connectivity index (χ3n) is 4.03. The van der Waals surface area contributed by atoms with Crippen molar-refractivity contribution in [1.82, 2.24) is 10.2 Å². The normalized spacial score (nSPS) is 17.8. The highest BCUT2D eigenvalue weighted by Crippen LogP contribution is 2.14. The zero-order valence-corrected chi connectivity index (χ0v) is 16.2. The molecule has 1 N–H and O–H groups in total. The maximum atomic E-state index is 12.7. The Labute approximate surface area is 160 Å². The Morgan fingerprint density at radius 1 is 1.19 bits per heavy atom. The number of hydrogen-bond donors (Lipinski definition) is 1. The lowest BCUT2D eigenvalue weighted by atomic mass is 10.1. The Morgan fingerprint density at radius 3 is 2.56 bits per heavy atom. The van der Waals surface area contributed by atoms with Crippen molar-refractivity contribution in [3.05, 3.63) is 35.9 Å². The second-order valence-corrected chi connectivity index (χ2v) is 7.60. The molecular weight excluding hydrogens is 348 g/mol. The molecule has 1 aromatic carbocycles. The predicted molar refractivity (Wildman–Crippen MR) is 99.8 cm³/mol. The Morgan fingerprint density at radius 2 is 1.89 bits per heavy atom. The van der Waals surface area contributed by atoms with Crippen LogP contribution < -0.4 is 5.32 Å². The van der Waals surface area contributed by atoms with Gasteiger partial charge in [0.15, 0.2) is 0 Å². The zero-order valence-electron chi connectivity index (χ0n) is 16.2. The summed E-state index contributed by atoms with van der Waals surface area (Å²) in [5, 5.41) is 2.63. The molecule has 27 heavy (non-hydrogen) atoms. The van der Waals surface area contributed by atoms with Gasteiger partial charge < -0.3 is 19.7 Å². The maximum Gasteiger partial charge on any atom is 0.408 e. The summed E-state index contributed by atoms with van der Waals surface area (Å²) in [6.07, 6.45) is 1.42. The minimum Gasteiger partial charge on any atom is -0.459 e. The molecule has 1 unspecified atom stereocenters. The summed E-state index contributed by atoms with van der Waals surface area (Å²) in [6, 6.07) is 8.62. The van der Waals surface area contributed by atoms with Crippen LogP contribution in [0.5, 0.6) is 0 Å². The second-order valence-electron chi connectivity index (χ2n) is 7.60. The third-order valence-corrected chi connectivity index (χ3v) is 4.03. The van der Waals surface area contributed by atoms with E-state index in [9.17, 15) is 14.4 Å². The smallest absolute Gasteiger partial charge is 0.408 e. The van der Waals surface area contributed by atoms with E-state index < -0.39 is 23.7 Å².